The Hall–Kier alpha value is -1.36. The third-order valence-corrected chi connectivity index (χ3v) is 3.31. The summed E-state index contributed by atoms with van der Waals surface area (Å²) in [4.78, 5) is 11.4. The van der Waals surface area contributed by atoms with Crippen LogP contribution in [0.15, 0.2) is 23.1 Å². The molecule has 0 radical (unpaired) electrons. The van der Waals surface area contributed by atoms with E-state index >= 15 is 0 Å². The number of rotatable bonds is 4. The Morgan fingerprint density at radius 2 is 2.00 bits per heavy atom. The molecule has 0 saturated heterocycles. The molecule has 0 heterocycles. The van der Waals surface area contributed by atoms with Crippen molar-refractivity contribution in [1.29, 1.82) is 0 Å². The van der Waals surface area contributed by atoms with E-state index in [0.29, 0.717) is 17.8 Å². The van der Waals surface area contributed by atoms with E-state index in [-0.39, 0.29) is 10.7 Å². The van der Waals surface area contributed by atoms with Crippen molar-refractivity contribution in [1.82, 2.24) is 0 Å². The van der Waals surface area contributed by atoms with Crippen LogP contribution in [0.3, 0.4) is 0 Å². The van der Waals surface area contributed by atoms with Crippen LogP contribution in [-0.2, 0) is 9.84 Å². The SMILES string of the molecule is CCNc1cc(C(C)=O)ccc1S(C)(=O)=O. The lowest BCUT2D eigenvalue weighted by Crippen LogP contribution is -2.07. The van der Waals surface area contributed by atoms with Crippen molar-refractivity contribution in [3.8, 4) is 0 Å². The van der Waals surface area contributed by atoms with Crippen LogP contribution in [-0.4, -0.2) is 27.0 Å². The van der Waals surface area contributed by atoms with E-state index in [4.69, 9.17) is 0 Å². The zero-order valence-electron chi connectivity index (χ0n) is 9.57. The lowest BCUT2D eigenvalue weighted by molar-refractivity contribution is 0.101. The molecule has 0 saturated carbocycles. The maximum Gasteiger partial charge on any atom is 0.177 e. The lowest BCUT2D eigenvalue weighted by Gasteiger charge is -2.10. The van der Waals surface area contributed by atoms with Gasteiger partial charge in [-0.05, 0) is 32.0 Å². The molecule has 0 amide bonds. The van der Waals surface area contributed by atoms with Crippen molar-refractivity contribution in [2.75, 3.05) is 18.1 Å². The summed E-state index contributed by atoms with van der Waals surface area (Å²) in [6.07, 6.45) is 1.15. The van der Waals surface area contributed by atoms with Crippen molar-refractivity contribution < 1.29 is 13.2 Å². The van der Waals surface area contributed by atoms with Crippen LogP contribution >= 0.6 is 0 Å². The van der Waals surface area contributed by atoms with Crippen molar-refractivity contribution in [3.63, 3.8) is 0 Å². The number of anilines is 1. The molecule has 0 aliphatic rings. The number of carbonyl (C=O) groups is 1. The number of carbonyl (C=O) groups excluding carboxylic acids is 1. The average molecular weight is 241 g/mol. The standard InChI is InChI=1S/C11H15NO3S/c1-4-12-10-7-9(8(2)13)5-6-11(10)16(3,14)15/h5-7,12H,4H2,1-3H3. The van der Waals surface area contributed by atoms with Crippen LogP contribution in [0.2, 0.25) is 0 Å². The molecule has 1 aromatic rings. The Morgan fingerprint density at radius 1 is 1.38 bits per heavy atom. The summed E-state index contributed by atoms with van der Waals surface area (Å²) in [7, 11) is -3.27. The first-order valence-electron chi connectivity index (χ1n) is 4.95. The Kier molecular flexibility index (Phi) is 3.70. The van der Waals surface area contributed by atoms with Gasteiger partial charge >= 0.3 is 0 Å². The molecule has 0 fully saturated rings. The number of hydrogen-bond acceptors (Lipinski definition) is 4. The van der Waals surface area contributed by atoms with Gasteiger partial charge in [-0.15, -0.1) is 0 Å². The van der Waals surface area contributed by atoms with Crippen molar-refractivity contribution >= 4 is 21.3 Å². The van der Waals surface area contributed by atoms with Gasteiger partial charge in [-0.1, -0.05) is 0 Å². The van der Waals surface area contributed by atoms with Crippen molar-refractivity contribution in [2.45, 2.75) is 18.7 Å². The highest BCUT2D eigenvalue weighted by atomic mass is 32.2. The molecular formula is C11H15NO3S. The second-order valence-electron chi connectivity index (χ2n) is 3.57. The molecule has 4 nitrogen and oxygen atoms in total. The van der Waals surface area contributed by atoms with E-state index in [9.17, 15) is 13.2 Å². The molecule has 0 spiro atoms. The van der Waals surface area contributed by atoms with Crippen LogP contribution < -0.4 is 5.32 Å². The first kappa shape index (κ1) is 12.7. The zero-order chi connectivity index (χ0) is 12.3. The van der Waals surface area contributed by atoms with Gasteiger partial charge in [0.1, 0.15) is 0 Å². The topological polar surface area (TPSA) is 63.2 Å². The third-order valence-electron chi connectivity index (χ3n) is 2.15. The fourth-order valence-electron chi connectivity index (χ4n) is 1.40. The van der Waals surface area contributed by atoms with Gasteiger partial charge in [-0.3, -0.25) is 4.79 Å². The summed E-state index contributed by atoms with van der Waals surface area (Å²) in [6, 6.07) is 4.56. The van der Waals surface area contributed by atoms with E-state index in [1.807, 2.05) is 6.92 Å². The summed E-state index contributed by atoms with van der Waals surface area (Å²) in [5.41, 5.74) is 0.987. The Balaban J connectivity index is 3.36. The van der Waals surface area contributed by atoms with Gasteiger partial charge in [0.05, 0.1) is 10.6 Å². The van der Waals surface area contributed by atoms with Gasteiger partial charge in [0.15, 0.2) is 15.6 Å². The smallest absolute Gasteiger partial charge is 0.177 e. The predicted octanol–water partition coefficient (Wildman–Crippen LogP) is 1.72. The van der Waals surface area contributed by atoms with E-state index in [1.165, 1.54) is 19.1 Å². The summed E-state index contributed by atoms with van der Waals surface area (Å²) in [6.45, 7) is 3.92. The van der Waals surface area contributed by atoms with Gasteiger partial charge in [-0.2, -0.15) is 0 Å². The second kappa shape index (κ2) is 4.65. The molecule has 5 heteroatoms. The number of hydrogen-bond donors (Lipinski definition) is 1. The normalized spacial score (nSPS) is 11.2. The predicted molar refractivity (Wildman–Crippen MR) is 63.7 cm³/mol. The number of sulfone groups is 1. The highest BCUT2D eigenvalue weighted by Crippen LogP contribution is 2.22. The Morgan fingerprint density at radius 3 is 2.44 bits per heavy atom. The highest BCUT2D eigenvalue weighted by molar-refractivity contribution is 7.90. The summed E-state index contributed by atoms with van der Waals surface area (Å²) >= 11 is 0. The summed E-state index contributed by atoms with van der Waals surface area (Å²) in [5, 5.41) is 2.95. The van der Waals surface area contributed by atoms with Crippen LogP contribution in [0.5, 0.6) is 0 Å². The van der Waals surface area contributed by atoms with E-state index in [1.54, 1.807) is 6.07 Å². The molecule has 88 valence electrons. The van der Waals surface area contributed by atoms with E-state index < -0.39 is 9.84 Å². The molecule has 0 atom stereocenters. The maximum absolute atomic E-state index is 11.5. The first-order valence-corrected chi connectivity index (χ1v) is 6.84. The molecule has 0 bridgehead atoms. The van der Waals surface area contributed by atoms with Crippen LogP contribution in [0.25, 0.3) is 0 Å². The molecule has 16 heavy (non-hydrogen) atoms. The van der Waals surface area contributed by atoms with Gasteiger partial charge < -0.3 is 5.32 Å². The monoisotopic (exact) mass is 241 g/mol. The van der Waals surface area contributed by atoms with Crippen molar-refractivity contribution in [3.05, 3.63) is 23.8 Å². The zero-order valence-corrected chi connectivity index (χ0v) is 10.4. The lowest BCUT2D eigenvalue weighted by atomic mass is 10.1. The second-order valence-corrected chi connectivity index (χ2v) is 5.55. The number of benzene rings is 1. The fourth-order valence-corrected chi connectivity index (χ4v) is 2.25. The van der Waals surface area contributed by atoms with Gasteiger partial charge in [0.25, 0.3) is 0 Å². The molecule has 1 aromatic carbocycles. The van der Waals surface area contributed by atoms with Gasteiger partial charge in [0, 0.05) is 18.4 Å². The minimum atomic E-state index is -3.27. The molecular weight excluding hydrogens is 226 g/mol. The van der Waals surface area contributed by atoms with E-state index in [0.717, 1.165) is 6.26 Å². The Labute approximate surface area is 95.6 Å². The molecule has 0 unspecified atom stereocenters. The van der Waals surface area contributed by atoms with Crippen LogP contribution in [0.1, 0.15) is 24.2 Å². The summed E-state index contributed by atoms with van der Waals surface area (Å²) in [5.74, 6) is -0.0841. The molecule has 0 aliphatic heterocycles. The minimum Gasteiger partial charge on any atom is -0.384 e. The quantitative estimate of drug-likeness (QED) is 0.815. The first-order chi connectivity index (χ1) is 7.36. The largest absolute Gasteiger partial charge is 0.384 e. The molecule has 0 aromatic heterocycles. The third kappa shape index (κ3) is 2.82. The van der Waals surface area contributed by atoms with Crippen molar-refractivity contribution in [2.24, 2.45) is 0 Å². The molecule has 1 rings (SSSR count). The van der Waals surface area contributed by atoms with E-state index in [2.05, 4.69) is 5.32 Å². The molecule has 1 N–H and O–H groups in total. The highest BCUT2D eigenvalue weighted by Gasteiger charge is 2.14. The number of nitrogens with one attached hydrogen (secondary N) is 1. The Bertz CT molecular complexity index is 506. The average Bonchev–Trinajstić information content (AvgIpc) is 2.16. The number of ketones is 1. The van der Waals surface area contributed by atoms with Crippen LogP contribution in [0, 0.1) is 0 Å². The minimum absolute atomic E-state index is 0.0841. The molecule has 0 aliphatic carbocycles. The summed E-state index contributed by atoms with van der Waals surface area (Å²) < 4.78 is 23.0. The van der Waals surface area contributed by atoms with Gasteiger partial charge in [0.2, 0.25) is 0 Å². The number of Topliss-reactive ketones (excluding diaryl/α,β-unsaturated/α-hetero) is 1. The van der Waals surface area contributed by atoms with Gasteiger partial charge in [-0.25, -0.2) is 8.42 Å². The van der Waals surface area contributed by atoms with Crippen LogP contribution in [0.4, 0.5) is 5.69 Å². The fraction of sp³-hybridized carbons (Fsp3) is 0.364. The maximum atomic E-state index is 11.5.